The number of fused-ring (bicyclic) bond motifs is 9. The summed E-state index contributed by atoms with van der Waals surface area (Å²) in [5.41, 5.74) is 1.66. The maximum absolute atomic E-state index is 14.1. The number of aromatic nitrogens is 1. The van der Waals surface area contributed by atoms with E-state index in [9.17, 15) is 27.6 Å². The normalized spacial score (nSPS) is 26.4. The molecule has 3 amide bonds. The smallest absolute Gasteiger partial charge is 0.305 e. The second kappa shape index (κ2) is 12.4. The Morgan fingerprint density at radius 2 is 1.72 bits per heavy atom. The molecule has 2 aliphatic heterocycles. The molecule has 3 aromatic carbocycles. The number of nitrogens with two attached hydrogens (primary N) is 1. The second-order valence-electron chi connectivity index (χ2n) is 12.8. The zero-order chi connectivity index (χ0) is 35.1. The van der Waals surface area contributed by atoms with Gasteiger partial charge >= 0.3 is 4.87 Å². The Morgan fingerprint density at radius 3 is 2.40 bits per heavy atom. The van der Waals surface area contributed by atoms with Crippen molar-refractivity contribution >= 4 is 78.1 Å². The molecular formula is C34H29BrN4O8S3. The number of primary sulfonamides is 1. The van der Waals surface area contributed by atoms with Gasteiger partial charge in [-0.05, 0) is 90.9 Å². The predicted octanol–water partition coefficient (Wildman–Crippen LogP) is 4.55. The molecule has 7 atom stereocenters. The van der Waals surface area contributed by atoms with Crippen LogP contribution in [0.15, 0.2) is 85.9 Å². The van der Waals surface area contributed by atoms with E-state index in [1.54, 1.807) is 55.3 Å². The van der Waals surface area contributed by atoms with Crippen molar-refractivity contribution < 1.29 is 32.3 Å². The van der Waals surface area contributed by atoms with Gasteiger partial charge in [-0.1, -0.05) is 27.3 Å². The molecule has 16 heteroatoms. The standard InChI is InChI=1S/C34H29BrN4O8S3/c1-46-18-7-5-17(6-8-18)39-32(41)27-21-13-22(28(27)33(39)42)29-26(21)25(30-31(48-29)38-34(43)49-30)20-12-15(35)2-11-23(20)47-14-24(40)37-16-3-9-19(10-4-16)50(36,44)45/h2-12,21-22,25-29H,13-14H2,1H3,(H,37,40)(H,38,43)(H2,36,44,45)/t21?,22?,25-,26?,27?,28?,29?/m1/s1. The van der Waals surface area contributed by atoms with Crippen LogP contribution in [0.5, 0.6) is 11.5 Å². The molecule has 1 saturated heterocycles. The van der Waals surface area contributed by atoms with Crippen molar-refractivity contribution in [3.05, 3.63) is 91.3 Å². The molecule has 3 fully saturated rings. The van der Waals surface area contributed by atoms with Gasteiger partial charge in [0.2, 0.25) is 21.8 Å². The highest BCUT2D eigenvalue weighted by atomic mass is 79.9. The molecule has 50 heavy (non-hydrogen) atoms. The summed E-state index contributed by atoms with van der Waals surface area (Å²) in [6.45, 7) is -0.349. The number of ether oxygens (including phenoxy) is 2. The number of methoxy groups -OCH3 is 1. The van der Waals surface area contributed by atoms with Gasteiger partial charge < -0.3 is 19.8 Å². The van der Waals surface area contributed by atoms with E-state index in [0.29, 0.717) is 22.9 Å². The fourth-order valence-corrected chi connectivity index (χ4v) is 12.1. The summed E-state index contributed by atoms with van der Waals surface area (Å²) < 4.78 is 35.4. The van der Waals surface area contributed by atoms with Gasteiger partial charge in [0.25, 0.3) is 5.91 Å². The highest BCUT2D eigenvalue weighted by molar-refractivity contribution is 9.10. The van der Waals surface area contributed by atoms with Gasteiger partial charge in [-0.2, -0.15) is 0 Å². The molecule has 8 rings (SSSR count). The molecule has 2 bridgehead atoms. The number of H-pyrrole nitrogens is 1. The average molecular weight is 798 g/mol. The number of thioether (sulfide) groups is 1. The number of amides is 3. The first-order valence-corrected chi connectivity index (χ1v) is 19.7. The molecule has 0 spiro atoms. The largest absolute Gasteiger partial charge is 0.497 e. The minimum atomic E-state index is -3.88. The fourth-order valence-electron chi connectivity index (χ4n) is 8.31. The summed E-state index contributed by atoms with van der Waals surface area (Å²) in [5.74, 6) is -1.32. The number of aromatic amines is 1. The number of nitrogens with zero attached hydrogens (tertiary/aromatic N) is 1. The van der Waals surface area contributed by atoms with E-state index in [-0.39, 0.29) is 57.1 Å². The van der Waals surface area contributed by atoms with Crippen LogP contribution < -0.4 is 29.7 Å². The summed E-state index contributed by atoms with van der Waals surface area (Å²) >= 11 is 6.32. The lowest BCUT2D eigenvalue weighted by atomic mass is 9.68. The van der Waals surface area contributed by atoms with Crippen molar-refractivity contribution in [1.82, 2.24) is 4.98 Å². The Labute approximate surface area is 302 Å². The molecule has 12 nitrogen and oxygen atoms in total. The van der Waals surface area contributed by atoms with E-state index < -0.39 is 27.8 Å². The molecule has 4 N–H and O–H groups in total. The van der Waals surface area contributed by atoms with Crippen LogP contribution in [0.25, 0.3) is 0 Å². The topological polar surface area (TPSA) is 178 Å². The summed E-state index contributed by atoms with van der Waals surface area (Å²) in [7, 11) is -2.32. The third-order valence-electron chi connectivity index (χ3n) is 10.2. The number of carbonyl (C=O) groups is 3. The van der Waals surface area contributed by atoms with Crippen LogP contribution in [-0.4, -0.2) is 50.1 Å². The van der Waals surface area contributed by atoms with Crippen molar-refractivity contribution in [3.63, 3.8) is 0 Å². The summed E-state index contributed by atoms with van der Waals surface area (Å²) in [4.78, 5) is 58.8. The Balaban J connectivity index is 1.10. The Kier molecular flexibility index (Phi) is 8.21. The van der Waals surface area contributed by atoms with E-state index in [1.807, 2.05) is 6.07 Å². The van der Waals surface area contributed by atoms with Gasteiger partial charge in [-0.3, -0.25) is 24.1 Å². The van der Waals surface area contributed by atoms with E-state index in [0.717, 1.165) is 37.7 Å². The van der Waals surface area contributed by atoms with Gasteiger partial charge in [0, 0.05) is 31.8 Å². The molecule has 258 valence electrons. The molecule has 6 unspecified atom stereocenters. The van der Waals surface area contributed by atoms with Crippen LogP contribution in [0.2, 0.25) is 0 Å². The Hall–Kier alpha value is -3.96. The van der Waals surface area contributed by atoms with Crippen molar-refractivity contribution in [2.24, 2.45) is 34.7 Å². The van der Waals surface area contributed by atoms with Crippen molar-refractivity contribution in [3.8, 4) is 11.5 Å². The molecule has 4 aromatic rings. The van der Waals surface area contributed by atoms with E-state index in [4.69, 9.17) is 14.6 Å². The number of rotatable bonds is 8. The van der Waals surface area contributed by atoms with Crippen LogP contribution in [0, 0.1) is 29.6 Å². The molecule has 2 aliphatic carbocycles. The van der Waals surface area contributed by atoms with Gasteiger partial charge in [-0.15, -0.1) is 11.8 Å². The lowest BCUT2D eigenvalue weighted by molar-refractivity contribution is -0.123. The minimum absolute atomic E-state index is 0.0352. The summed E-state index contributed by atoms with van der Waals surface area (Å²) in [6.07, 6.45) is 0.720. The molecule has 2 saturated carbocycles. The number of imide groups is 1. The second-order valence-corrected chi connectivity index (χ2v) is 17.4. The lowest BCUT2D eigenvalue weighted by Crippen LogP contribution is -2.42. The number of hydrogen-bond donors (Lipinski definition) is 3. The van der Waals surface area contributed by atoms with Gasteiger partial charge in [0.05, 0.1) is 34.6 Å². The Morgan fingerprint density at radius 1 is 1.02 bits per heavy atom. The van der Waals surface area contributed by atoms with Crippen LogP contribution in [0.4, 0.5) is 11.4 Å². The first-order chi connectivity index (χ1) is 23.9. The third kappa shape index (κ3) is 5.48. The van der Waals surface area contributed by atoms with Crippen molar-refractivity contribution in [2.45, 2.75) is 27.5 Å². The third-order valence-corrected chi connectivity index (χ3v) is 14.2. The first kappa shape index (κ1) is 33.2. The molecule has 1 aromatic heterocycles. The van der Waals surface area contributed by atoms with Gasteiger partial charge in [0.1, 0.15) is 11.5 Å². The quantitative estimate of drug-likeness (QED) is 0.216. The Bertz CT molecular complexity index is 2220. The van der Waals surface area contributed by atoms with Crippen LogP contribution in [-0.2, 0) is 24.4 Å². The van der Waals surface area contributed by atoms with E-state index in [1.165, 1.54) is 29.2 Å². The maximum atomic E-state index is 14.1. The number of carbonyl (C=O) groups excluding carboxylic acids is 3. The molecule has 3 heterocycles. The number of nitrogens with one attached hydrogen (secondary N) is 2. The summed E-state index contributed by atoms with van der Waals surface area (Å²) in [6, 6.07) is 17.9. The molecule has 4 aliphatic rings. The lowest BCUT2D eigenvalue weighted by Gasteiger charge is -2.43. The van der Waals surface area contributed by atoms with Crippen LogP contribution in [0.3, 0.4) is 0 Å². The number of anilines is 2. The average Bonchev–Trinajstić information content (AvgIpc) is 3.82. The SMILES string of the molecule is COc1ccc(N2C(=O)C3C4CC(C3C2=O)C2C4Sc3[nH]c(=O)sc3[C@@H]2c2cc(Br)ccc2OCC(=O)Nc2ccc(S(N)(=O)=O)cc2)cc1. The van der Waals surface area contributed by atoms with E-state index >= 15 is 0 Å². The minimum Gasteiger partial charge on any atom is -0.497 e. The van der Waals surface area contributed by atoms with Gasteiger partial charge in [0.15, 0.2) is 6.61 Å². The van der Waals surface area contributed by atoms with Crippen molar-refractivity contribution in [1.29, 1.82) is 0 Å². The molecular weight excluding hydrogens is 768 g/mol. The monoisotopic (exact) mass is 796 g/mol. The highest BCUT2D eigenvalue weighted by Gasteiger charge is 2.70. The first-order valence-electron chi connectivity index (χ1n) is 15.7. The number of halogens is 1. The maximum Gasteiger partial charge on any atom is 0.305 e. The fraction of sp³-hybridized carbons (Fsp3) is 0.294. The van der Waals surface area contributed by atoms with Crippen LogP contribution >= 0.6 is 39.0 Å². The van der Waals surface area contributed by atoms with E-state index in [2.05, 4.69) is 26.2 Å². The number of hydrogen-bond acceptors (Lipinski definition) is 10. The molecule has 0 radical (unpaired) electrons. The van der Waals surface area contributed by atoms with Gasteiger partial charge in [-0.25, -0.2) is 13.6 Å². The van der Waals surface area contributed by atoms with Crippen molar-refractivity contribution in [2.75, 3.05) is 23.9 Å². The van der Waals surface area contributed by atoms with Crippen LogP contribution in [0.1, 0.15) is 22.8 Å². The predicted molar refractivity (Wildman–Crippen MR) is 190 cm³/mol. The zero-order valence-corrected chi connectivity index (χ0v) is 30.2. The zero-order valence-electron chi connectivity index (χ0n) is 26.2. The number of thiazole rings is 1. The highest BCUT2D eigenvalue weighted by Crippen LogP contribution is 2.69. The number of benzene rings is 3. The summed E-state index contributed by atoms with van der Waals surface area (Å²) in [5, 5.41) is 8.59. The number of sulfonamides is 1.